The Bertz CT molecular complexity index is 770. The predicted molar refractivity (Wildman–Crippen MR) is 87.2 cm³/mol. The molecule has 1 amide bonds. The van der Waals surface area contributed by atoms with Gasteiger partial charge >= 0.3 is 0 Å². The monoisotopic (exact) mass is 329 g/mol. The van der Waals surface area contributed by atoms with E-state index in [0.717, 1.165) is 11.8 Å². The molecular weight excluding hydrogens is 310 g/mol. The molecule has 0 bridgehead atoms. The highest BCUT2D eigenvalue weighted by Gasteiger charge is 2.33. The lowest BCUT2D eigenvalue weighted by molar-refractivity contribution is -0.0457. The van der Waals surface area contributed by atoms with Crippen LogP contribution in [0.3, 0.4) is 0 Å². The first-order valence-corrected chi connectivity index (χ1v) is 7.74. The van der Waals surface area contributed by atoms with Gasteiger partial charge in [-0.1, -0.05) is 30.3 Å². The molecule has 1 aliphatic rings. The summed E-state index contributed by atoms with van der Waals surface area (Å²) in [5.41, 5.74) is 0.596. The second-order valence-corrected chi connectivity index (χ2v) is 5.70. The number of methoxy groups -OCH3 is 1. The molecule has 0 unspecified atom stereocenters. The maximum Gasteiger partial charge on any atom is 0.290 e. The summed E-state index contributed by atoms with van der Waals surface area (Å²) in [7, 11) is 1.38. The van der Waals surface area contributed by atoms with Crippen molar-refractivity contribution in [3.05, 3.63) is 64.2 Å². The maximum absolute atomic E-state index is 12.9. The van der Waals surface area contributed by atoms with Gasteiger partial charge in [0.15, 0.2) is 5.76 Å². The van der Waals surface area contributed by atoms with Crippen molar-refractivity contribution in [2.24, 2.45) is 0 Å². The molecule has 0 spiro atoms. The molecule has 0 N–H and O–H groups in total. The van der Waals surface area contributed by atoms with E-state index >= 15 is 0 Å². The highest BCUT2D eigenvalue weighted by molar-refractivity contribution is 5.91. The van der Waals surface area contributed by atoms with Crippen LogP contribution in [0.15, 0.2) is 51.9 Å². The van der Waals surface area contributed by atoms with Crippen molar-refractivity contribution in [1.29, 1.82) is 0 Å². The normalized spacial score (nSPS) is 20.7. The Kier molecular flexibility index (Phi) is 4.66. The molecule has 2 heterocycles. The van der Waals surface area contributed by atoms with Gasteiger partial charge in [0.2, 0.25) is 11.2 Å². The lowest BCUT2D eigenvalue weighted by atomic mass is 10.0. The van der Waals surface area contributed by atoms with E-state index in [0.29, 0.717) is 13.2 Å². The topological polar surface area (TPSA) is 69.0 Å². The van der Waals surface area contributed by atoms with Crippen LogP contribution in [0.5, 0.6) is 5.75 Å². The molecule has 6 nitrogen and oxygen atoms in total. The van der Waals surface area contributed by atoms with Crippen LogP contribution in [0, 0.1) is 0 Å². The van der Waals surface area contributed by atoms with Crippen molar-refractivity contribution in [3.63, 3.8) is 0 Å². The number of ether oxygens (including phenoxy) is 2. The third kappa shape index (κ3) is 3.19. The number of nitrogens with zero attached hydrogens (tertiary/aromatic N) is 1. The fourth-order valence-electron chi connectivity index (χ4n) is 2.78. The van der Waals surface area contributed by atoms with E-state index in [1.54, 1.807) is 4.90 Å². The summed E-state index contributed by atoms with van der Waals surface area (Å²) in [6.45, 7) is 2.73. The average molecular weight is 329 g/mol. The van der Waals surface area contributed by atoms with Crippen molar-refractivity contribution in [2.75, 3.05) is 20.3 Å². The average Bonchev–Trinajstić information content (AvgIpc) is 2.61. The summed E-state index contributed by atoms with van der Waals surface area (Å²) in [5, 5.41) is 0. The third-order valence-electron chi connectivity index (χ3n) is 4.04. The number of amides is 1. The Morgan fingerprint density at radius 3 is 2.71 bits per heavy atom. The summed E-state index contributed by atoms with van der Waals surface area (Å²) in [6, 6.07) is 10.6. The molecular formula is C18H19NO5. The molecule has 1 saturated heterocycles. The van der Waals surface area contributed by atoms with E-state index in [4.69, 9.17) is 13.9 Å². The smallest absolute Gasteiger partial charge is 0.290 e. The van der Waals surface area contributed by atoms with Gasteiger partial charge in [-0.15, -0.1) is 0 Å². The second-order valence-electron chi connectivity index (χ2n) is 5.70. The zero-order valence-corrected chi connectivity index (χ0v) is 13.6. The van der Waals surface area contributed by atoms with Crippen molar-refractivity contribution < 1.29 is 18.7 Å². The molecule has 126 valence electrons. The molecule has 1 aliphatic heterocycles. The first-order chi connectivity index (χ1) is 11.6. The van der Waals surface area contributed by atoms with E-state index < -0.39 is 0 Å². The van der Waals surface area contributed by atoms with Gasteiger partial charge in [-0.25, -0.2) is 0 Å². The van der Waals surface area contributed by atoms with Crippen LogP contribution in [0.4, 0.5) is 0 Å². The van der Waals surface area contributed by atoms with Crippen LogP contribution >= 0.6 is 0 Å². The van der Waals surface area contributed by atoms with E-state index in [1.165, 1.54) is 13.2 Å². The van der Waals surface area contributed by atoms with Crippen molar-refractivity contribution in [1.82, 2.24) is 4.90 Å². The highest BCUT2D eigenvalue weighted by Crippen LogP contribution is 2.27. The molecule has 0 saturated carbocycles. The Labute approximate surface area is 139 Å². The molecule has 24 heavy (non-hydrogen) atoms. The zero-order valence-electron chi connectivity index (χ0n) is 13.6. The summed E-state index contributed by atoms with van der Waals surface area (Å²) in [6.07, 6.45) is 1.08. The second kappa shape index (κ2) is 6.88. The lowest BCUT2D eigenvalue weighted by Crippen LogP contribution is -2.46. The SMILES string of the molecule is COc1coc(C(=O)N2C[C@@H](C)OC[C@H]2c2ccccc2)cc1=O. The number of hydrogen-bond donors (Lipinski definition) is 0. The van der Waals surface area contributed by atoms with E-state index in [2.05, 4.69) is 0 Å². The number of carbonyl (C=O) groups excluding carboxylic acids is 1. The van der Waals surface area contributed by atoms with Crippen molar-refractivity contribution in [2.45, 2.75) is 19.1 Å². The standard InChI is InChI=1S/C18H19NO5/c1-12-9-19(14(10-23-12)13-6-4-3-5-7-13)18(21)16-8-15(20)17(22-2)11-24-16/h3-8,11-12,14H,9-10H2,1-2H3/t12-,14+/m1/s1. The van der Waals surface area contributed by atoms with Gasteiger partial charge in [0.1, 0.15) is 6.26 Å². The van der Waals surface area contributed by atoms with Gasteiger partial charge in [0.05, 0.1) is 25.9 Å². The van der Waals surface area contributed by atoms with Crippen LogP contribution < -0.4 is 10.2 Å². The molecule has 3 rings (SSSR count). The highest BCUT2D eigenvalue weighted by atomic mass is 16.5. The van der Waals surface area contributed by atoms with E-state index in [1.807, 2.05) is 37.3 Å². The fraction of sp³-hybridized carbons (Fsp3) is 0.333. The Morgan fingerprint density at radius 2 is 2.04 bits per heavy atom. The molecule has 0 radical (unpaired) electrons. The summed E-state index contributed by atoms with van der Waals surface area (Å²) in [5.74, 6) is -0.268. The Hall–Kier alpha value is -2.60. The minimum atomic E-state index is -0.385. The minimum absolute atomic E-state index is 0.00386. The van der Waals surface area contributed by atoms with Crippen LogP contribution in [0.25, 0.3) is 0 Å². The largest absolute Gasteiger partial charge is 0.490 e. The molecule has 1 fully saturated rings. The van der Waals surface area contributed by atoms with Gasteiger partial charge in [0.25, 0.3) is 5.91 Å². The van der Waals surface area contributed by atoms with Gasteiger partial charge in [0, 0.05) is 12.6 Å². The summed E-state index contributed by atoms with van der Waals surface area (Å²) >= 11 is 0. The number of hydrogen-bond acceptors (Lipinski definition) is 5. The minimum Gasteiger partial charge on any atom is -0.490 e. The number of benzene rings is 1. The van der Waals surface area contributed by atoms with Gasteiger partial charge in [-0.3, -0.25) is 9.59 Å². The fourth-order valence-corrected chi connectivity index (χ4v) is 2.78. The van der Waals surface area contributed by atoms with Gasteiger partial charge in [-0.05, 0) is 12.5 Å². The zero-order chi connectivity index (χ0) is 17.1. The number of rotatable bonds is 3. The van der Waals surface area contributed by atoms with Gasteiger partial charge < -0.3 is 18.8 Å². The van der Waals surface area contributed by atoms with Crippen LogP contribution in [0.1, 0.15) is 29.1 Å². The Morgan fingerprint density at radius 1 is 1.29 bits per heavy atom. The predicted octanol–water partition coefficient (Wildman–Crippen LogP) is 2.25. The molecule has 6 heteroatoms. The molecule has 2 aromatic rings. The van der Waals surface area contributed by atoms with Gasteiger partial charge in [-0.2, -0.15) is 0 Å². The third-order valence-corrected chi connectivity index (χ3v) is 4.04. The van der Waals surface area contributed by atoms with Crippen molar-refractivity contribution in [3.8, 4) is 5.75 Å². The summed E-state index contributed by atoms with van der Waals surface area (Å²) < 4.78 is 15.9. The number of carbonyl (C=O) groups is 1. The molecule has 1 aromatic carbocycles. The Balaban J connectivity index is 1.92. The lowest BCUT2D eigenvalue weighted by Gasteiger charge is -2.38. The first kappa shape index (κ1) is 16.3. The number of morpholine rings is 1. The van der Waals surface area contributed by atoms with Crippen LogP contribution in [0.2, 0.25) is 0 Å². The first-order valence-electron chi connectivity index (χ1n) is 7.74. The molecule has 0 aliphatic carbocycles. The van der Waals surface area contributed by atoms with E-state index in [9.17, 15) is 9.59 Å². The molecule has 1 aromatic heterocycles. The van der Waals surface area contributed by atoms with Crippen LogP contribution in [-0.2, 0) is 4.74 Å². The summed E-state index contributed by atoms with van der Waals surface area (Å²) in [4.78, 5) is 26.5. The van der Waals surface area contributed by atoms with Crippen molar-refractivity contribution >= 4 is 5.91 Å². The maximum atomic E-state index is 12.9. The molecule has 2 atom stereocenters. The quantitative estimate of drug-likeness (QED) is 0.864. The van der Waals surface area contributed by atoms with Crippen LogP contribution in [-0.4, -0.2) is 37.2 Å². The van der Waals surface area contributed by atoms with E-state index in [-0.39, 0.29) is 35.0 Å².